The minimum atomic E-state index is -2.73. The molecule has 0 spiro atoms. The molecular weight excluding hydrogens is 323 g/mol. The van der Waals surface area contributed by atoms with Crippen molar-refractivity contribution in [2.45, 2.75) is 43.7 Å². The third-order valence-corrected chi connectivity index (χ3v) is 4.62. The van der Waals surface area contributed by atoms with Crippen LogP contribution in [0, 0.1) is 0 Å². The van der Waals surface area contributed by atoms with Crippen molar-refractivity contribution in [2.75, 3.05) is 32.7 Å². The third-order valence-electron chi connectivity index (χ3n) is 4.62. The van der Waals surface area contributed by atoms with Gasteiger partial charge in [-0.05, 0) is 12.8 Å². The Morgan fingerprint density at radius 2 is 1.71 bits per heavy atom. The van der Waals surface area contributed by atoms with E-state index in [-0.39, 0.29) is 43.7 Å². The number of rotatable bonds is 2. The average molecular weight is 346 g/mol. The fraction of sp³-hybridized carbons (Fsp3) is 0.923. The van der Waals surface area contributed by atoms with Crippen molar-refractivity contribution < 1.29 is 13.6 Å². The van der Waals surface area contributed by atoms with Crippen LogP contribution >= 0.6 is 24.8 Å². The molecule has 3 aliphatic rings. The maximum Gasteiger partial charge on any atom is 0.262 e. The quantitative estimate of drug-likeness (QED) is 0.824. The van der Waals surface area contributed by atoms with E-state index in [1.807, 2.05) is 0 Å². The van der Waals surface area contributed by atoms with E-state index in [1.54, 1.807) is 4.90 Å². The first kappa shape index (κ1) is 18.9. The Balaban J connectivity index is 0.00000110. The van der Waals surface area contributed by atoms with Gasteiger partial charge in [-0.1, -0.05) is 6.42 Å². The second-order valence-electron chi connectivity index (χ2n) is 5.94. The molecule has 21 heavy (non-hydrogen) atoms. The first-order valence-electron chi connectivity index (χ1n) is 7.19. The van der Waals surface area contributed by atoms with Crippen LogP contribution in [-0.2, 0) is 4.79 Å². The van der Waals surface area contributed by atoms with Gasteiger partial charge < -0.3 is 4.90 Å². The summed E-state index contributed by atoms with van der Waals surface area (Å²) < 4.78 is 26.2. The van der Waals surface area contributed by atoms with Gasteiger partial charge in [-0.15, -0.1) is 24.8 Å². The molecule has 1 amide bonds. The second kappa shape index (κ2) is 7.40. The highest BCUT2D eigenvalue weighted by Crippen LogP contribution is 2.28. The zero-order valence-corrected chi connectivity index (χ0v) is 13.5. The SMILES string of the molecule is Cl.Cl.O=C(C1CC(F)(F)CN1)N1CCN(C2CCC2)CC1. The highest BCUT2D eigenvalue weighted by atomic mass is 35.5. The molecule has 1 unspecified atom stereocenters. The smallest absolute Gasteiger partial charge is 0.262 e. The molecule has 0 bridgehead atoms. The summed E-state index contributed by atoms with van der Waals surface area (Å²) in [5, 5.41) is 2.65. The summed E-state index contributed by atoms with van der Waals surface area (Å²) in [6, 6.07) is 0.0106. The molecule has 0 aromatic carbocycles. The number of carbonyl (C=O) groups excluding carboxylic acids is 1. The lowest BCUT2D eigenvalue weighted by Gasteiger charge is -2.43. The number of halogens is 4. The van der Waals surface area contributed by atoms with E-state index in [4.69, 9.17) is 0 Å². The summed E-state index contributed by atoms with van der Waals surface area (Å²) in [5.74, 6) is -2.88. The van der Waals surface area contributed by atoms with Crippen LogP contribution in [0.3, 0.4) is 0 Å². The predicted molar refractivity (Wildman–Crippen MR) is 81.6 cm³/mol. The minimum absolute atomic E-state index is 0. The largest absolute Gasteiger partial charge is 0.339 e. The lowest BCUT2D eigenvalue weighted by molar-refractivity contribution is -0.136. The van der Waals surface area contributed by atoms with Crippen LogP contribution in [0.15, 0.2) is 0 Å². The fourth-order valence-corrected chi connectivity index (χ4v) is 3.17. The number of hydrogen-bond donors (Lipinski definition) is 1. The number of piperazine rings is 1. The van der Waals surface area contributed by atoms with Crippen LogP contribution < -0.4 is 5.32 Å². The van der Waals surface area contributed by atoms with Gasteiger partial charge in [0.15, 0.2) is 0 Å². The van der Waals surface area contributed by atoms with E-state index in [2.05, 4.69) is 10.2 Å². The number of nitrogens with one attached hydrogen (secondary N) is 1. The third kappa shape index (κ3) is 4.18. The van der Waals surface area contributed by atoms with Crippen LogP contribution in [0.1, 0.15) is 25.7 Å². The van der Waals surface area contributed by atoms with Crippen molar-refractivity contribution in [2.24, 2.45) is 0 Å². The number of alkyl halides is 2. The van der Waals surface area contributed by atoms with Gasteiger partial charge in [0.2, 0.25) is 5.91 Å². The Kier molecular flexibility index (Phi) is 6.65. The predicted octanol–water partition coefficient (Wildman–Crippen LogP) is 1.52. The van der Waals surface area contributed by atoms with Crippen LogP contribution in [0.2, 0.25) is 0 Å². The Labute approximate surface area is 136 Å². The number of nitrogens with zero attached hydrogens (tertiary/aromatic N) is 2. The van der Waals surface area contributed by atoms with E-state index in [0.29, 0.717) is 19.1 Å². The lowest BCUT2D eigenvalue weighted by atomic mass is 9.91. The highest BCUT2D eigenvalue weighted by Gasteiger charge is 2.44. The standard InChI is InChI=1S/C13H21F2N3O.2ClH/c14-13(15)8-11(16-9-13)12(19)18-6-4-17(5-7-18)10-2-1-3-10;;/h10-11,16H,1-9H2;2*1H. The topological polar surface area (TPSA) is 35.6 Å². The first-order valence-corrected chi connectivity index (χ1v) is 7.19. The molecule has 1 aliphatic carbocycles. The maximum atomic E-state index is 13.1. The average Bonchev–Trinajstić information content (AvgIpc) is 2.68. The molecule has 2 aliphatic heterocycles. The molecule has 4 nitrogen and oxygen atoms in total. The zero-order valence-electron chi connectivity index (χ0n) is 11.9. The van der Waals surface area contributed by atoms with E-state index in [0.717, 1.165) is 13.1 Å². The fourth-order valence-electron chi connectivity index (χ4n) is 3.17. The zero-order chi connectivity index (χ0) is 13.5. The molecule has 2 saturated heterocycles. The van der Waals surface area contributed by atoms with E-state index < -0.39 is 12.0 Å². The molecule has 124 valence electrons. The van der Waals surface area contributed by atoms with Crippen molar-refractivity contribution in [1.82, 2.24) is 15.1 Å². The summed E-state index contributed by atoms with van der Waals surface area (Å²) in [6.45, 7) is 2.77. The van der Waals surface area contributed by atoms with Gasteiger partial charge in [0.1, 0.15) is 0 Å². The molecule has 8 heteroatoms. The Morgan fingerprint density at radius 3 is 2.14 bits per heavy atom. The Hall–Kier alpha value is -0.170. The van der Waals surface area contributed by atoms with Crippen molar-refractivity contribution in [1.29, 1.82) is 0 Å². The monoisotopic (exact) mass is 345 g/mol. The van der Waals surface area contributed by atoms with Gasteiger partial charge >= 0.3 is 0 Å². The molecule has 1 atom stereocenters. The second-order valence-corrected chi connectivity index (χ2v) is 5.94. The molecule has 0 aromatic rings. The molecule has 0 aromatic heterocycles. The van der Waals surface area contributed by atoms with Crippen LogP contribution in [0.5, 0.6) is 0 Å². The van der Waals surface area contributed by atoms with Crippen molar-refractivity contribution in [3.63, 3.8) is 0 Å². The summed E-state index contributed by atoms with van der Waals surface area (Å²) in [7, 11) is 0. The molecule has 3 rings (SSSR count). The van der Waals surface area contributed by atoms with Gasteiger partial charge in [-0.2, -0.15) is 0 Å². The minimum Gasteiger partial charge on any atom is -0.339 e. The molecule has 1 N–H and O–H groups in total. The van der Waals surface area contributed by atoms with Gasteiger partial charge in [0.05, 0.1) is 12.6 Å². The van der Waals surface area contributed by atoms with Crippen molar-refractivity contribution >= 4 is 30.7 Å². The van der Waals surface area contributed by atoms with E-state index >= 15 is 0 Å². The number of amides is 1. The van der Waals surface area contributed by atoms with Gasteiger partial charge in [-0.3, -0.25) is 15.0 Å². The van der Waals surface area contributed by atoms with Crippen molar-refractivity contribution in [3.8, 4) is 0 Å². The van der Waals surface area contributed by atoms with Crippen molar-refractivity contribution in [3.05, 3.63) is 0 Å². The summed E-state index contributed by atoms with van der Waals surface area (Å²) in [6.07, 6.45) is 3.49. The first-order chi connectivity index (χ1) is 9.05. The summed E-state index contributed by atoms with van der Waals surface area (Å²) in [4.78, 5) is 16.3. The number of hydrogen-bond acceptors (Lipinski definition) is 3. The van der Waals surface area contributed by atoms with E-state index in [1.165, 1.54) is 19.3 Å². The lowest BCUT2D eigenvalue weighted by Crippen LogP contribution is -2.56. The van der Waals surface area contributed by atoms with Crippen LogP contribution in [0.25, 0.3) is 0 Å². The van der Waals surface area contributed by atoms with Crippen LogP contribution in [-0.4, -0.2) is 66.4 Å². The molecule has 3 fully saturated rings. The Morgan fingerprint density at radius 1 is 1.10 bits per heavy atom. The van der Waals surface area contributed by atoms with Crippen LogP contribution in [0.4, 0.5) is 8.78 Å². The normalized spacial score (nSPS) is 29.2. The van der Waals surface area contributed by atoms with Gasteiger partial charge in [0, 0.05) is 38.6 Å². The van der Waals surface area contributed by atoms with E-state index in [9.17, 15) is 13.6 Å². The highest BCUT2D eigenvalue weighted by molar-refractivity contribution is 5.85. The molecule has 0 radical (unpaired) electrons. The summed E-state index contributed by atoms with van der Waals surface area (Å²) in [5.41, 5.74) is 0. The maximum absolute atomic E-state index is 13.1. The van der Waals surface area contributed by atoms with Gasteiger partial charge in [-0.25, -0.2) is 8.78 Å². The Bertz CT molecular complexity index is 361. The molecule has 1 saturated carbocycles. The molecular formula is C13H23Cl2F2N3O. The summed E-state index contributed by atoms with van der Waals surface area (Å²) >= 11 is 0. The van der Waals surface area contributed by atoms with Gasteiger partial charge in [0.25, 0.3) is 5.92 Å². The number of carbonyl (C=O) groups is 1. The molecule has 2 heterocycles.